The van der Waals surface area contributed by atoms with Crippen molar-refractivity contribution in [1.29, 1.82) is 0 Å². The van der Waals surface area contributed by atoms with Gasteiger partial charge in [0.25, 0.3) is 0 Å². The molecule has 0 aromatic heterocycles. The van der Waals surface area contributed by atoms with Crippen LogP contribution in [0.15, 0.2) is 0 Å². The predicted molar refractivity (Wildman–Crippen MR) is 119 cm³/mol. The van der Waals surface area contributed by atoms with Crippen molar-refractivity contribution in [2.45, 2.75) is 97.2 Å². The molecule has 10 atom stereocenters. The third-order valence-electron chi connectivity index (χ3n) is 10.7. The Morgan fingerprint density at radius 2 is 1.70 bits per heavy atom. The number of hydrogen-bond acceptors (Lipinski definition) is 5. The van der Waals surface area contributed by atoms with E-state index in [1.807, 2.05) is 0 Å². The van der Waals surface area contributed by atoms with Crippen LogP contribution in [0.25, 0.3) is 0 Å². The summed E-state index contributed by atoms with van der Waals surface area (Å²) in [6, 6.07) is 0. The summed E-state index contributed by atoms with van der Waals surface area (Å²) in [6.07, 6.45) is 8.95. The van der Waals surface area contributed by atoms with E-state index in [4.69, 9.17) is 0 Å². The second-order valence-electron chi connectivity index (χ2n) is 12.1. The Morgan fingerprint density at radius 3 is 2.39 bits per heavy atom. The first-order chi connectivity index (χ1) is 15.1. The normalized spacial score (nSPS) is 45.1. The van der Waals surface area contributed by atoms with Gasteiger partial charge in [-0.05, 0) is 104 Å². The van der Waals surface area contributed by atoms with Crippen molar-refractivity contribution in [2.75, 3.05) is 6.54 Å². The summed E-state index contributed by atoms with van der Waals surface area (Å²) in [4.78, 5) is 22.6. The van der Waals surface area contributed by atoms with Gasteiger partial charge in [0, 0.05) is 6.42 Å². The topological polar surface area (TPSA) is 110 Å². The van der Waals surface area contributed by atoms with Crippen molar-refractivity contribution in [3.63, 3.8) is 0 Å². The molecule has 0 bridgehead atoms. The quantitative estimate of drug-likeness (QED) is 0.442. The summed E-state index contributed by atoms with van der Waals surface area (Å²) in [7, 11) is 0. The number of carboxylic acids is 1. The Morgan fingerprint density at radius 1 is 1.03 bits per heavy atom. The third kappa shape index (κ3) is 5.07. The molecule has 1 amide bonds. The summed E-state index contributed by atoms with van der Waals surface area (Å²) in [5, 5.41) is 34.5. The van der Waals surface area contributed by atoms with Gasteiger partial charge < -0.3 is 25.4 Å². The first-order valence-electron chi connectivity index (χ1n) is 12.9. The predicted octanol–water partition coefficient (Wildman–Crippen LogP) is -0.737. The minimum Gasteiger partial charge on any atom is -0.548 e. The summed E-state index contributed by atoms with van der Waals surface area (Å²) < 4.78 is 0. The molecule has 0 aromatic rings. The monoisotopic (exact) mass is 471 g/mol. The number of carbonyl (C=O) groups is 2. The standard InChI is InChI=1S/C26H43NO5.Na/c1-15(4-7-22(30)27-14-23(31)32)18-5-6-19-24-20(9-11-26(18,19)3)25(2)10-8-17(28)12-16(25)13-21(24)29;/h15-21,24,28-29H,4-14H2,1-3H3,(H,27,30)(H,31,32);/q;+1/p-1/t15-,16-,17-,18-,19+,20-,21-,24+,25+,26-;/m1./s1. The Bertz CT molecular complexity index is 733. The van der Waals surface area contributed by atoms with Crippen LogP contribution in [0, 0.1) is 46.3 Å². The van der Waals surface area contributed by atoms with Gasteiger partial charge in [0.05, 0.1) is 24.7 Å². The number of amides is 1. The van der Waals surface area contributed by atoms with Gasteiger partial charge in [-0.15, -0.1) is 0 Å². The average Bonchev–Trinajstić information content (AvgIpc) is 3.09. The zero-order valence-corrected chi connectivity index (χ0v) is 23.0. The summed E-state index contributed by atoms with van der Waals surface area (Å²) >= 11 is 0. The molecular weight excluding hydrogens is 429 g/mol. The fraction of sp³-hybridized carbons (Fsp3) is 0.923. The second-order valence-corrected chi connectivity index (χ2v) is 12.1. The Kier molecular flexibility index (Phi) is 8.70. The minimum atomic E-state index is -1.26. The Labute approximate surface area is 221 Å². The van der Waals surface area contributed by atoms with E-state index in [1.165, 1.54) is 6.42 Å². The molecule has 6 nitrogen and oxygen atoms in total. The summed E-state index contributed by atoms with van der Waals surface area (Å²) in [5.41, 5.74) is 0.436. The molecule has 7 heteroatoms. The first kappa shape index (κ1) is 27.4. The van der Waals surface area contributed by atoms with Gasteiger partial charge in [0.1, 0.15) is 0 Å². The third-order valence-corrected chi connectivity index (χ3v) is 10.7. The molecule has 0 aliphatic heterocycles. The van der Waals surface area contributed by atoms with Gasteiger partial charge in [-0.1, -0.05) is 20.8 Å². The number of aliphatic carboxylic acids is 1. The largest absolute Gasteiger partial charge is 1.00 e. The van der Waals surface area contributed by atoms with Crippen LogP contribution in [-0.2, 0) is 9.59 Å². The summed E-state index contributed by atoms with van der Waals surface area (Å²) in [6.45, 7) is 6.70. The maximum Gasteiger partial charge on any atom is 1.00 e. The maximum atomic E-state index is 12.0. The molecule has 4 aliphatic carbocycles. The van der Waals surface area contributed by atoms with Crippen LogP contribution in [0.5, 0.6) is 0 Å². The molecule has 0 heterocycles. The van der Waals surface area contributed by atoms with Crippen LogP contribution in [0.3, 0.4) is 0 Å². The molecule has 3 N–H and O–H groups in total. The van der Waals surface area contributed by atoms with Crippen molar-refractivity contribution in [2.24, 2.45) is 46.3 Å². The average molecular weight is 472 g/mol. The fourth-order valence-electron chi connectivity index (χ4n) is 8.99. The molecule has 33 heavy (non-hydrogen) atoms. The second kappa shape index (κ2) is 10.5. The summed E-state index contributed by atoms with van der Waals surface area (Å²) in [5.74, 6) is 1.31. The smallest absolute Gasteiger partial charge is 0.548 e. The van der Waals surface area contributed by atoms with E-state index in [-0.39, 0.29) is 58.5 Å². The van der Waals surface area contributed by atoms with E-state index in [9.17, 15) is 24.9 Å². The number of aliphatic hydroxyl groups is 2. The molecule has 0 spiro atoms. The number of carbonyl (C=O) groups excluding carboxylic acids is 2. The zero-order valence-electron chi connectivity index (χ0n) is 21.0. The van der Waals surface area contributed by atoms with Crippen molar-refractivity contribution >= 4 is 11.9 Å². The molecule has 0 saturated heterocycles. The van der Waals surface area contributed by atoms with Gasteiger partial charge in [-0.3, -0.25) is 4.79 Å². The Hall–Kier alpha value is -0.140. The van der Waals surface area contributed by atoms with E-state index in [0.29, 0.717) is 41.9 Å². The van der Waals surface area contributed by atoms with Crippen molar-refractivity contribution in [3.8, 4) is 0 Å². The molecule has 4 aliphatic rings. The number of rotatable bonds is 6. The van der Waals surface area contributed by atoms with E-state index in [0.717, 1.165) is 51.4 Å². The molecule has 0 radical (unpaired) electrons. The number of carboxylic acid groups (broad SMARTS) is 1. The molecule has 4 rings (SSSR count). The minimum absolute atomic E-state index is 0. The Balaban J connectivity index is 0.00000306. The SMILES string of the molecule is C[C@H](CCC(=O)NCC(=O)[O-])[C@H]1CC[C@H]2[C@@H]3[C@H](O)C[C@H]4C[C@H](O)CC[C@]4(C)[C@@H]3CC[C@]12C.[Na+]. The van der Waals surface area contributed by atoms with Crippen LogP contribution in [0.4, 0.5) is 0 Å². The molecule has 4 fully saturated rings. The molecular formula is C26H42NNaO5. The van der Waals surface area contributed by atoms with Crippen LogP contribution in [0.1, 0.15) is 85.0 Å². The number of fused-ring (bicyclic) bond motifs is 5. The molecule has 4 saturated carbocycles. The van der Waals surface area contributed by atoms with Crippen molar-refractivity contribution in [1.82, 2.24) is 5.32 Å². The van der Waals surface area contributed by atoms with E-state index in [1.54, 1.807) is 0 Å². The number of aliphatic hydroxyl groups excluding tert-OH is 2. The van der Waals surface area contributed by atoms with Gasteiger partial charge in [-0.2, -0.15) is 0 Å². The van der Waals surface area contributed by atoms with Gasteiger partial charge in [0.15, 0.2) is 0 Å². The molecule has 182 valence electrons. The first-order valence-corrected chi connectivity index (χ1v) is 12.9. The maximum absolute atomic E-state index is 12.0. The fourth-order valence-corrected chi connectivity index (χ4v) is 8.99. The molecule has 0 unspecified atom stereocenters. The van der Waals surface area contributed by atoms with E-state index < -0.39 is 12.5 Å². The molecule has 0 aromatic carbocycles. The number of nitrogens with one attached hydrogen (secondary N) is 1. The van der Waals surface area contributed by atoms with Crippen LogP contribution in [0.2, 0.25) is 0 Å². The van der Waals surface area contributed by atoms with E-state index >= 15 is 0 Å². The van der Waals surface area contributed by atoms with Gasteiger partial charge in [0.2, 0.25) is 5.91 Å². The van der Waals surface area contributed by atoms with Gasteiger partial charge in [-0.25, -0.2) is 0 Å². The van der Waals surface area contributed by atoms with Crippen LogP contribution < -0.4 is 40.0 Å². The van der Waals surface area contributed by atoms with Crippen molar-refractivity contribution in [3.05, 3.63) is 0 Å². The van der Waals surface area contributed by atoms with Crippen LogP contribution >= 0.6 is 0 Å². The number of hydrogen-bond donors (Lipinski definition) is 3. The van der Waals surface area contributed by atoms with Gasteiger partial charge >= 0.3 is 29.6 Å². The van der Waals surface area contributed by atoms with Crippen molar-refractivity contribution < 1.29 is 54.5 Å². The van der Waals surface area contributed by atoms with E-state index in [2.05, 4.69) is 26.1 Å². The zero-order chi connectivity index (χ0) is 23.3. The van der Waals surface area contributed by atoms with Crippen LogP contribution in [-0.4, -0.2) is 40.8 Å².